The Morgan fingerprint density at radius 2 is 1.89 bits per heavy atom. The van der Waals surface area contributed by atoms with E-state index in [0.29, 0.717) is 36.2 Å². The van der Waals surface area contributed by atoms with E-state index >= 15 is 0 Å². The van der Waals surface area contributed by atoms with E-state index < -0.39 is 0 Å². The van der Waals surface area contributed by atoms with E-state index in [-0.39, 0.29) is 11.8 Å². The number of carbonyl (C=O) groups excluding carboxylic acids is 1. The van der Waals surface area contributed by atoms with Crippen molar-refractivity contribution in [1.29, 1.82) is 0 Å². The van der Waals surface area contributed by atoms with Crippen LogP contribution in [0.1, 0.15) is 34.9 Å². The quantitative estimate of drug-likeness (QED) is 0.419. The van der Waals surface area contributed by atoms with Crippen molar-refractivity contribution < 1.29 is 14.3 Å². The lowest BCUT2D eigenvalue weighted by Gasteiger charge is -2.32. The minimum Gasteiger partial charge on any atom is -0.493 e. The zero-order chi connectivity index (χ0) is 24.2. The molecule has 9 heteroatoms. The summed E-state index contributed by atoms with van der Waals surface area (Å²) in [5.41, 5.74) is 2.74. The molecule has 0 radical (unpaired) electrons. The Labute approximate surface area is 203 Å². The molecule has 1 amide bonds. The molecule has 1 aliphatic rings. The molecule has 4 heterocycles. The second-order valence-electron chi connectivity index (χ2n) is 8.40. The first-order valence-electron chi connectivity index (χ1n) is 11.5. The van der Waals surface area contributed by atoms with Gasteiger partial charge < -0.3 is 14.4 Å². The van der Waals surface area contributed by atoms with Crippen molar-refractivity contribution in [3.05, 3.63) is 78.6 Å². The van der Waals surface area contributed by atoms with Crippen LogP contribution in [0.2, 0.25) is 0 Å². The van der Waals surface area contributed by atoms with Crippen LogP contribution in [-0.4, -0.2) is 55.7 Å². The number of para-hydroxylation sites is 2. The van der Waals surface area contributed by atoms with Crippen molar-refractivity contribution in [1.82, 2.24) is 29.6 Å². The largest absolute Gasteiger partial charge is 0.493 e. The van der Waals surface area contributed by atoms with Gasteiger partial charge in [-0.3, -0.25) is 14.5 Å². The van der Waals surface area contributed by atoms with Crippen molar-refractivity contribution in [2.24, 2.45) is 7.05 Å². The topological polar surface area (TPSA) is 95.3 Å². The van der Waals surface area contributed by atoms with Crippen molar-refractivity contribution in [3.63, 3.8) is 0 Å². The van der Waals surface area contributed by atoms with Gasteiger partial charge in [-0.25, -0.2) is 9.97 Å². The molecule has 0 N–H and O–H groups in total. The second-order valence-corrected chi connectivity index (χ2v) is 8.40. The summed E-state index contributed by atoms with van der Waals surface area (Å²) in [5, 5.41) is 4.20. The highest BCUT2D eigenvalue weighted by molar-refractivity contribution is 5.93. The van der Waals surface area contributed by atoms with Crippen LogP contribution in [0.5, 0.6) is 17.4 Å². The molecule has 0 bridgehead atoms. The number of nitrogens with zero attached hydrogens (tertiary/aromatic N) is 6. The normalized spacial score (nSPS) is 15.6. The Hall–Kier alpha value is -4.27. The number of ether oxygens (including phenoxy) is 2. The number of aromatic nitrogens is 5. The highest BCUT2D eigenvalue weighted by atomic mass is 16.5. The first-order valence-corrected chi connectivity index (χ1v) is 11.5. The summed E-state index contributed by atoms with van der Waals surface area (Å²) in [6.45, 7) is 1.18. The number of carbonyl (C=O) groups is 1. The molecular formula is C26H26N6O3. The zero-order valence-corrected chi connectivity index (χ0v) is 19.7. The Bertz CT molecular complexity index is 1340. The molecule has 4 aromatic rings. The van der Waals surface area contributed by atoms with Gasteiger partial charge in [0.05, 0.1) is 19.0 Å². The summed E-state index contributed by atoms with van der Waals surface area (Å²) in [6.07, 6.45) is 8.62. The second kappa shape index (κ2) is 9.92. The van der Waals surface area contributed by atoms with Gasteiger partial charge in [0.2, 0.25) is 5.88 Å². The van der Waals surface area contributed by atoms with Crippen molar-refractivity contribution >= 4 is 5.91 Å². The van der Waals surface area contributed by atoms with Crippen LogP contribution in [0, 0.1) is 0 Å². The first kappa shape index (κ1) is 22.5. The average Bonchev–Trinajstić information content (AvgIpc) is 3.35. The van der Waals surface area contributed by atoms with Crippen LogP contribution in [0.15, 0.2) is 67.3 Å². The maximum absolute atomic E-state index is 13.4. The molecule has 1 aliphatic heterocycles. The number of pyridine rings is 1. The molecule has 1 saturated heterocycles. The van der Waals surface area contributed by atoms with Gasteiger partial charge in [-0.1, -0.05) is 18.2 Å². The molecule has 0 aliphatic carbocycles. The lowest BCUT2D eigenvalue weighted by atomic mass is 9.94. The molecule has 35 heavy (non-hydrogen) atoms. The molecule has 3 aromatic heterocycles. The summed E-state index contributed by atoms with van der Waals surface area (Å²) >= 11 is 0. The van der Waals surface area contributed by atoms with Gasteiger partial charge in [0.15, 0.2) is 11.5 Å². The molecule has 178 valence electrons. The van der Waals surface area contributed by atoms with Gasteiger partial charge in [-0.05, 0) is 37.1 Å². The predicted molar refractivity (Wildman–Crippen MR) is 129 cm³/mol. The third-order valence-electron chi connectivity index (χ3n) is 6.03. The van der Waals surface area contributed by atoms with E-state index in [1.165, 1.54) is 0 Å². The molecule has 9 nitrogen and oxygen atoms in total. The third kappa shape index (κ3) is 4.84. The summed E-state index contributed by atoms with van der Waals surface area (Å²) in [5.74, 6) is 1.50. The number of piperidine rings is 1. The van der Waals surface area contributed by atoms with Crippen LogP contribution in [0.25, 0.3) is 11.3 Å². The first-order chi connectivity index (χ1) is 17.1. The fourth-order valence-electron chi connectivity index (χ4n) is 4.32. The SMILES string of the molecule is COc1ccccc1Oc1nccnc1[C@H]1CCCN(C(=O)c2cccc(-c3cnn(C)c3)n2)C1. The molecule has 5 rings (SSSR count). The highest BCUT2D eigenvalue weighted by Gasteiger charge is 2.29. The smallest absolute Gasteiger partial charge is 0.272 e. The fraction of sp³-hybridized carbons (Fsp3) is 0.269. The number of rotatable bonds is 6. The molecule has 0 unspecified atom stereocenters. The molecule has 1 aromatic carbocycles. The van der Waals surface area contributed by atoms with Gasteiger partial charge in [0.25, 0.3) is 5.91 Å². The Balaban J connectivity index is 1.36. The number of methoxy groups -OCH3 is 1. The van der Waals surface area contributed by atoms with E-state index in [0.717, 1.165) is 29.8 Å². The summed E-state index contributed by atoms with van der Waals surface area (Å²) in [6, 6.07) is 12.9. The van der Waals surface area contributed by atoms with Crippen LogP contribution < -0.4 is 9.47 Å². The maximum Gasteiger partial charge on any atom is 0.272 e. The van der Waals surface area contributed by atoms with Gasteiger partial charge in [0.1, 0.15) is 11.4 Å². The summed E-state index contributed by atoms with van der Waals surface area (Å²) in [4.78, 5) is 28.9. The van der Waals surface area contributed by atoms with Gasteiger partial charge >= 0.3 is 0 Å². The van der Waals surface area contributed by atoms with E-state index in [2.05, 4.69) is 20.1 Å². The van der Waals surface area contributed by atoms with Crippen LogP contribution >= 0.6 is 0 Å². The number of aryl methyl sites for hydroxylation is 1. The number of benzene rings is 1. The number of hydrogen-bond donors (Lipinski definition) is 0. The van der Waals surface area contributed by atoms with Gasteiger partial charge in [0, 0.05) is 50.2 Å². The van der Waals surface area contributed by atoms with Crippen molar-refractivity contribution in [2.45, 2.75) is 18.8 Å². The average molecular weight is 471 g/mol. The van der Waals surface area contributed by atoms with Crippen LogP contribution in [-0.2, 0) is 7.05 Å². The summed E-state index contributed by atoms with van der Waals surface area (Å²) in [7, 11) is 3.45. The zero-order valence-electron chi connectivity index (χ0n) is 19.7. The maximum atomic E-state index is 13.4. The Morgan fingerprint density at radius 3 is 2.69 bits per heavy atom. The van der Waals surface area contributed by atoms with Gasteiger partial charge in [-0.15, -0.1) is 0 Å². The lowest BCUT2D eigenvalue weighted by Crippen LogP contribution is -2.39. The standard InChI is InChI=1S/C26H26N6O3/c1-31-16-19(15-29-31)20-8-5-9-21(30-20)26(33)32-14-6-7-18(17-32)24-25(28-13-12-27-24)35-23-11-4-3-10-22(23)34-2/h3-5,8-13,15-16,18H,6-7,14,17H2,1-2H3/t18-/m0/s1. The van der Waals surface area contributed by atoms with Crippen LogP contribution in [0.4, 0.5) is 0 Å². The highest BCUT2D eigenvalue weighted by Crippen LogP contribution is 2.36. The number of amides is 1. The van der Waals surface area contributed by atoms with E-state index in [1.54, 1.807) is 36.4 Å². The Kier molecular flexibility index (Phi) is 6.38. The molecule has 1 atom stereocenters. The number of hydrogen-bond acceptors (Lipinski definition) is 7. The third-order valence-corrected chi connectivity index (χ3v) is 6.03. The predicted octanol–water partition coefficient (Wildman–Crippen LogP) is 4.09. The molecule has 0 spiro atoms. The van der Waals surface area contributed by atoms with E-state index in [9.17, 15) is 4.79 Å². The van der Waals surface area contributed by atoms with E-state index in [4.69, 9.17) is 9.47 Å². The molecule has 0 saturated carbocycles. The minimum absolute atomic E-state index is 0.00684. The van der Waals surface area contributed by atoms with E-state index in [1.807, 2.05) is 54.5 Å². The Morgan fingerprint density at radius 1 is 1.06 bits per heavy atom. The minimum atomic E-state index is -0.100. The monoisotopic (exact) mass is 470 g/mol. The summed E-state index contributed by atoms with van der Waals surface area (Å²) < 4.78 is 13.2. The number of likely N-dealkylation sites (tertiary alicyclic amines) is 1. The fourth-order valence-corrected chi connectivity index (χ4v) is 4.32. The van der Waals surface area contributed by atoms with Crippen molar-refractivity contribution in [2.75, 3.05) is 20.2 Å². The van der Waals surface area contributed by atoms with Crippen LogP contribution in [0.3, 0.4) is 0 Å². The molecular weight excluding hydrogens is 444 g/mol. The van der Waals surface area contributed by atoms with Crippen molar-refractivity contribution in [3.8, 4) is 28.6 Å². The van der Waals surface area contributed by atoms with Gasteiger partial charge in [-0.2, -0.15) is 5.10 Å². The lowest BCUT2D eigenvalue weighted by molar-refractivity contribution is 0.0699. The molecule has 1 fully saturated rings.